The molecule has 0 atom stereocenters. The average Bonchev–Trinajstić information content (AvgIpc) is 3.08. The zero-order chi connectivity index (χ0) is 16.5. The van der Waals surface area contributed by atoms with Crippen LogP contribution < -0.4 is 5.56 Å². The van der Waals surface area contributed by atoms with E-state index in [0.717, 1.165) is 21.7 Å². The summed E-state index contributed by atoms with van der Waals surface area (Å²) in [6.45, 7) is 2.69. The molecule has 0 aliphatic heterocycles. The van der Waals surface area contributed by atoms with Gasteiger partial charge in [0, 0.05) is 11.9 Å². The molecule has 0 unspecified atom stereocenters. The molecule has 0 spiro atoms. The summed E-state index contributed by atoms with van der Waals surface area (Å²) >= 11 is 3.00. The van der Waals surface area contributed by atoms with Crippen molar-refractivity contribution in [2.45, 2.75) is 30.1 Å². The summed E-state index contributed by atoms with van der Waals surface area (Å²) in [5.74, 6) is 0. The lowest BCUT2D eigenvalue weighted by molar-refractivity contribution is 0.584. The molecule has 120 valence electrons. The molecule has 5 nitrogen and oxygen atoms in total. The predicted molar refractivity (Wildman–Crippen MR) is 97.8 cm³/mol. The second kappa shape index (κ2) is 6.33. The van der Waals surface area contributed by atoms with E-state index < -0.39 is 0 Å². The maximum atomic E-state index is 12.8. The molecule has 1 aromatic carbocycles. The molecule has 0 aliphatic carbocycles. The lowest BCUT2D eigenvalue weighted by atomic mass is 10.2. The minimum Gasteiger partial charge on any atom is -0.287 e. The van der Waals surface area contributed by atoms with Gasteiger partial charge in [0.25, 0.3) is 5.56 Å². The SMILES string of the molecule is CCCn1c(Sc2ncnc3sccc23)nc2ccccc2c1=O. The van der Waals surface area contributed by atoms with Crippen LogP contribution in [0.25, 0.3) is 21.1 Å². The van der Waals surface area contributed by atoms with Gasteiger partial charge >= 0.3 is 0 Å². The van der Waals surface area contributed by atoms with Crippen molar-refractivity contribution in [1.82, 2.24) is 19.5 Å². The Hall–Kier alpha value is -2.25. The fraction of sp³-hybridized carbons (Fsp3) is 0.176. The van der Waals surface area contributed by atoms with Crippen LogP contribution in [0.2, 0.25) is 0 Å². The van der Waals surface area contributed by atoms with E-state index in [1.54, 1.807) is 22.2 Å². The Balaban J connectivity index is 1.90. The Morgan fingerprint density at radius 3 is 2.92 bits per heavy atom. The summed E-state index contributed by atoms with van der Waals surface area (Å²) in [6.07, 6.45) is 2.43. The van der Waals surface area contributed by atoms with Gasteiger partial charge in [-0.3, -0.25) is 9.36 Å². The van der Waals surface area contributed by atoms with Crippen LogP contribution in [0.15, 0.2) is 57.0 Å². The monoisotopic (exact) mass is 354 g/mol. The van der Waals surface area contributed by atoms with Gasteiger partial charge in [-0.25, -0.2) is 15.0 Å². The number of fused-ring (bicyclic) bond motifs is 2. The van der Waals surface area contributed by atoms with E-state index in [1.165, 1.54) is 11.8 Å². The van der Waals surface area contributed by atoms with Crippen molar-refractivity contribution in [3.8, 4) is 0 Å². The fourth-order valence-electron chi connectivity index (χ4n) is 2.58. The van der Waals surface area contributed by atoms with Gasteiger partial charge in [0.2, 0.25) is 0 Å². The number of thiophene rings is 1. The third kappa shape index (κ3) is 2.59. The molecule has 4 aromatic rings. The van der Waals surface area contributed by atoms with E-state index in [1.807, 2.05) is 35.7 Å². The van der Waals surface area contributed by atoms with Crippen molar-refractivity contribution >= 4 is 44.2 Å². The molecular formula is C17H14N4OS2. The van der Waals surface area contributed by atoms with Gasteiger partial charge in [0.1, 0.15) is 16.2 Å². The topological polar surface area (TPSA) is 60.7 Å². The highest BCUT2D eigenvalue weighted by Gasteiger charge is 2.14. The molecule has 4 rings (SSSR count). The average molecular weight is 354 g/mol. The third-order valence-electron chi connectivity index (χ3n) is 3.69. The highest BCUT2D eigenvalue weighted by atomic mass is 32.2. The van der Waals surface area contributed by atoms with E-state index >= 15 is 0 Å². The van der Waals surface area contributed by atoms with Gasteiger partial charge < -0.3 is 0 Å². The first-order valence-corrected chi connectivity index (χ1v) is 9.33. The second-order valence-electron chi connectivity index (χ2n) is 5.29. The molecule has 7 heteroatoms. The van der Waals surface area contributed by atoms with Gasteiger partial charge in [-0.2, -0.15) is 0 Å². The first kappa shape index (κ1) is 15.3. The van der Waals surface area contributed by atoms with Crippen molar-refractivity contribution in [3.63, 3.8) is 0 Å². The van der Waals surface area contributed by atoms with Crippen molar-refractivity contribution in [2.24, 2.45) is 0 Å². The standard InChI is InChI=1S/C17H14N4OS2/c1-2-8-21-16(22)11-5-3-4-6-13(11)20-17(21)24-15-12-7-9-23-14(12)18-10-19-15/h3-7,9-10H,2,8H2,1H3. The van der Waals surface area contributed by atoms with E-state index in [-0.39, 0.29) is 5.56 Å². The summed E-state index contributed by atoms with van der Waals surface area (Å²) in [7, 11) is 0. The number of hydrogen-bond acceptors (Lipinski definition) is 6. The van der Waals surface area contributed by atoms with Crippen LogP contribution in [-0.4, -0.2) is 19.5 Å². The third-order valence-corrected chi connectivity index (χ3v) is 5.52. The lowest BCUT2D eigenvalue weighted by Gasteiger charge is -2.12. The minimum atomic E-state index is 0.000527. The molecule has 0 bridgehead atoms. The maximum Gasteiger partial charge on any atom is 0.262 e. The van der Waals surface area contributed by atoms with E-state index in [9.17, 15) is 4.79 Å². The quantitative estimate of drug-likeness (QED) is 0.410. The minimum absolute atomic E-state index is 0.000527. The molecule has 0 radical (unpaired) electrons. The van der Waals surface area contributed by atoms with Crippen LogP contribution in [0, 0.1) is 0 Å². The van der Waals surface area contributed by atoms with E-state index in [0.29, 0.717) is 22.6 Å². The van der Waals surface area contributed by atoms with Crippen molar-refractivity contribution in [1.29, 1.82) is 0 Å². The van der Waals surface area contributed by atoms with Gasteiger partial charge in [0.15, 0.2) is 5.16 Å². The van der Waals surface area contributed by atoms with Gasteiger partial charge in [-0.1, -0.05) is 19.1 Å². The number of rotatable bonds is 4. The molecule has 0 saturated carbocycles. The number of hydrogen-bond donors (Lipinski definition) is 0. The van der Waals surface area contributed by atoms with Crippen LogP contribution in [0.1, 0.15) is 13.3 Å². The summed E-state index contributed by atoms with van der Waals surface area (Å²) < 4.78 is 1.74. The van der Waals surface area contributed by atoms with Crippen molar-refractivity contribution in [2.75, 3.05) is 0 Å². The molecule has 3 heterocycles. The van der Waals surface area contributed by atoms with Crippen LogP contribution in [-0.2, 0) is 6.54 Å². The lowest BCUT2D eigenvalue weighted by Crippen LogP contribution is -2.23. The Bertz CT molecular complexity index is 1090. The molecular weight excluding hydrogens is 340 g/mol. The normalized spacial score (nSPS) is 11.4. The van der Waals surface area contributed by atoms with Crippen LogP contribution >= 0.6 is 23.1 Å². The highest BCUT2D eigenvalue weighted by Crippen LogP contribution is 2.32. The Labute approximate surface area is 146 Å². The maximum absolute atomic E-state index is 12.8. The molecule has 0 amide bonds. The zero-order valence-electron chi connectivity index (χ0n) is 13.0. The molecule has 24 heavy (non-hydrogen) atoms. The highest BCUT2D eigenvalue weighted by molar-refractivity contribution is 7.99. The summed E-state index contributed by atoms with van der Waals surface area (Å²) in [5, 5.41) is 5.15. The van der Waals surface area contributed by atoms with Crippen LogP contribution in [0.3, 0.4) is 0 Å². The fourth-order valence-corrected chi connectivity index (χ4v) is 4.35. The number of nitrogens with zero attached hydrogens (tertiary/aromatic N) is 4. The van der Waals surface area contributed by atoms with Gasteiger partial charge in [-0.05, 0) is 41.8 Å². The predicted octanol–water partition coefficient (Wildman–Crippen LogP) is 3.96. The Kier molecular flexibility index (Phi) is 4.03. The Morgan fingerprint density at radius 1 is 1.17 bits per heavy atom. The Morgan fingerprint density at radius 2 is 2.04 bits per heavy atom. The molecule has 0 aliphatic rings. The number of aromatic nitrogens is 4. The van der Waals surface area contributed by atoms with Gasteiger partial charge in [-0.15, -0.1) is 11.3 Å². The summed E-state index contributed by atoms with van der Waals surface area (Å²) in [6, 6.07) is 9.47. The molecule has 0 fully saturated rings. The van der Waals surface area contributed by atoms with Gasteiger partial charge in [0.05, 0.1) is 10.9 Å². The van der Waals surface area contributed by atoms with Crippen LogP contribution in [0.5, 0.6) is 0 Å². The van der Waals surface area contributed by atoms with Crippen molar-refractivity contribution in [3.05, 3.63) is 52.4 Å². The largest absolute Gasteiger partial charge is 0.287 e. The second-order valence-corrected chi connectivity index (χ2v) is 7.14. The first-order chi connectivity index (χ1) is 11.8. The number of benzene rings is 1. The number of para-hydroxylation sites is 1. The first-order valence-electron chi connectivity index (χ1n) is 7.63. The smallest absolute Gasteiger partial charge is 0.262 e. The van der Waals surface area contributed by atoms with E-state index in [2.05, 4.69) is 16.9 Å². The van der Waals surface area contributed by atoms with E-state index in [4.69, 9.17) is 4.98 Å². The summed E-state index contributed by atoms with van der Waals surface area (Å²) in [4.78, 5) is 27.1. The molecule has 3 aromatic heterocycles. The van der Waals surface area contributed by atoms with Crippen LogP contribution in [0.4, 0.5) is 0 Å². The van der Waals surface area contributed by atoms with Crippen molar-refractivity contribution < 1.29 is 0 Å². The molecule has 0 N–H and O–H groups in total. The molecule has 0 saturated heterocycles. The zero-order valence-corrected chi connectivity index (χ0v) is 14.6. The summed E-state index contributed by atoms with van der Waals surface area (Å²) in [5.41, 5.74) is 0.716.